The summed E-state index contributed by atoms with van der Waals surface area (Å²) in [4.78, 5) is 109. The van der Waals surface area contributed by atoms with Crippen molar-refractivity contribution >= 4 is 46.5 Å². The summed E-state index contributed by atoms with van der Waals surface area (Å²) in [6, 6.07) is 5.92. The van der Waals surface area contributed by atoms with Gasteiger partial charge in [0.15, 0.2) is 0 Å². The Morgan fingerprint density at radius 1 is 0.937 bits per heavy atom. The number of nitrogens with one attached hydrogen (secondary N) is 7. The predicted molar refractivity (Wildman–Crippen MR) is 221 cm³/mol. The average molecular weight is 877 g/mol. The summed E-state index contributed by atoms with van der Waals surface area (Å²) in [6.07, 6.45) is -1.86. The van der Waals surface area contributed by atoms with Crippen LogP contribution in [0.5, 0.6) is 5.75 Å². The van der Waals surface area contributed by atoms with Crippen molar-refractivity contribution in [3.63, 3.8) is 0 Å². The SMILES string of the molecule is C[C@H](NC(=O)N[C@@H](Cc1c[nH]c2ccccc12)C(=O)O)C(=O)N[C@@H](C(=O)N/C=C1\OC(n2ccc(=O)[nH]c2=O)[C@H](O)[C@@H]1O)[C@H](C)N(C)C(=O)[C@@H](Cc1cccc(O)c1)NC(=O)CN. The highest BCUT2D eigenvalue weighted by Gasteiger charge is 2.42. The van der Waals surface area contributed by atoms with Gasteiger partial charge in [-0.05, 0) is 43.2 Å². The van der Waals surface area contributed by atoms with Gasteiger partial charge in [0, 0.05) is 55.5 Å². The van der Waals surface area contributed by atoms with E-state index in [2.05, 4.69) is 31.6 Å². The molecule has 0 saturated carbocycles. The lowest BCUT2D eigenvalue weighted by molar-refractivity contribution is -0.140. The zero-order valence-corrected chi connectivity index (χ0v) is 34.1. The van der Waals surface area contributed by atoms with Gasteiger partial charge in [0.25, 0.3) is 5.56 Å². The second kappa shape index (κ2) is 20.4. The molecule has 1 aliphatic heterocycles. The number of amides is 6. The molecule has 4 aromatic rings. The van der Waals surface area contributed by atoms with Gasteiger partial charge in [-0.15, -0.1) is 0 Å². The highest BCUT2D eigenvalue weighted by Crippen LogP contribution is 2.30. The van der Waals surface area contributed by atoms with Crippen molar-refractivity contribution in [3.05, 3.63) is 111 Å². The summed E-state index contributed by atoms with van der Waals surface area (Å²) in [5.74, 6) is -5.38. The maximum atomic E-state index is 14.0. The molecule has 0 bridgehead atoms. The molecule has 2 aromatic heterocycles. The topological polar surface area (TPSA) is 353 Å². The Balaban J connectivity index is 1.35. The molecule has 0 spiro atoms. The van der Waals surface area contributed by atoms with Crippen LogP contribution < -0.4 is 43.6 Å². The van der Waals surface area contributed by atoms with Crippen LogP contribution in [0.15, 0.2) is 88.5 Å². The van der Waals surface area contributed by atoms with Crippen molar-refractivity contribution in [2.24, 2.45) is 5.73 Å². The van der Waals surface area contributed by atoms with Crippen LogP contribution in [-0.2, 0) is 41.6 Å². The molecule has 23 heteroatoms. The van der Waals surface area contributed by atoms with Crippen molar-refractivity contribution < 1.29 is 53.9 Å². The van der Waals surface area contributed by atoms with E-state index in [-0.39, 0.29) is 18.6 Å². The number of phenols is 1. The predicted octanol–water partition coefficient (Wildman–Crippen LogP) is -2.67. The Labute approximate surface area is 357 Å². The minimum absolute atomic E-state index is 0.107. The van der Waals surface area contributed by atoms with Gasteiger partial charge in [0.05, 0.1) is 12.6 Å². The van der Waals surface area contributed by atoms with Crippen LogP contribution >= 0.6 is 0 Å². The van der Waals surface area contributed by atoms with E-state index < -0.39 is 108 Å². The number of carbonyl (C=O) groups is 6. The minimum Gasteiger partial charge on any atom is -0.508 e. The average Bonchev–Trinajstić information content (AvgIpc) is 3.78. The maximum Gasteiger partial charge on any atom is 0.331 e. The Bertz CT molecular complexity index is 2500. The first-order chi connectivity index (χ1) is 29.9. The molecule has 1 saturated heterocycles. The fourth-order valence-corrected chi connectivity index (χ4v) is 6.71. The quantitative estimate of drug-likeness (QED) is 0.0515. The Kier molecular flexibility index (Phi) is 15.1. The minimum atomic E-state index is -1.80. The molecule has 336 valence electrons. The number of rotatable bonds is 17. The molecule has 3 heterocycles. The second-order valence-electron chi connectivity index (χ2n) is 14.7. The number of aromatic nitrogens is 3. The molecule has 1 fully saturated rings. The molecule has 0 aliphatic carbocycles. The lowest BCUT2D eigenvalue weighted by atomic mass is 10.0. The number of urea groups is 1. The number of aromatic amines is 2. The number of para-hydroxylation sites is 1. The number of phenolic OH excluding ortho intramolecular Hbond substituents is 1. The number of H-pyrrole nitrogens is 2. The van der Waals surface area contributed by atoms with E-state index in [1.54, 1.807) is 36.5 Å². The van der Waals surface area contributed by atoms with E-state index in [1.165, 1.54) is 39.1 Å². The summed E-state index contributed by atoms with van der Waals surface area (Å²) in [7, 11) is 1.28. The number of hydrogen-bond donors (Lipinski definition) is 12. The summed E-state index contributed by atoms with van der Waals surface area (Å²) >= 11 is 0. The van der Waals surface area contributed by atoms with E-state index in [9.17, 15) is 58.8 Å². The number of hydrogen-bond acceptors (Lipinski definition) is 13. The molecular formula is C40H48N10O13. The van der Waals surface area contributed by atoms with Crippen LogP contribution in [0.1, 0.15) is 31.2 Å². The highest BCUT2D eigenvalue weighted by atomic mass is 16.6. The Morgan fingerprint density at radius 3 is 2.35 bits per heavy atom. The summed E-state index contributed by atoms with van der Waals surface area (Å²) < 4.78 is 6.35. The molecule has 8 atom stereocenters. The number of aliphatic carboxylic acids is 1. The van der Waals surface area contributed by atoms with Crippen molar-refractivity contribution in [3.8, 4) is 5.75 Å². The maximum absolute atomic E-state index is 14.0. The van der Waals surface area contributed by atoms with Crippen LogP contribution in [-0.4, -0.2) is 131 Å². The monoisotopic (exact) mass is 876 g/mol. The molecule has 6 amide bonds. The number of aliphatic hydroxyl groups excluding tert-OH is 2. The van der Waals surface area contributed by atoms with Gasteiger partial charge in [-0.25, -0.2) is 14.4 Å². The third-order valence-corrected chi connectivity index (χ3v) is 10.3. The zero-order valence-electron chi connectivity index (χ0n) is 34.1. The van der Waals surface area contributed by atoms with E-state index in [1.807, 2.05) is 4.98 Å². The fourth-order valence-electron chi connectivity index (χ4n) is 6.71. The normalized spacial score (nSPS) is 18.8. The van der Waals surface area contributed by atoms with Gasteiger partial charge in [-0.1, -0.05) is 30.3 Å². The molecule has 5 rings (SSSR count). The van der Waals surface area contributed by atoms with Crippen molar-refractivity contribution in [1.29, 1.82) is 0 Å². The summed E-state index contributed by atoms with van der Waals surface area (Å²) in [5.41, 5.74) is 5.62. The molecule has 23 nitrogen and oxygen atoms in total. The number of carboxylic acids is 1. The van der Waals surface area contributed by atoms with E-state index in [0.717, 1.165) is 38.8 Å². The van der Waals surface area contributed by atoms with Gasteiger partial charge in [-0.3, -0.25) is 33.5 Å². The molecule has 0 radical (unpaired) electrons. The molecule has 63 heavy (non-hydrogen) atoms. The van der Waals surface area contributed by atoms with Crippen LogP contribution in [0.3, 0.4) is 0 Å². The molecule has 1 aliphatic rings. The van der Waals surface area contributed by atoms with Crippen LogP contribution in [0.25, 0.3) is 10.9 Å². The number of nitrogens with zero attached hydrogens (tertiary/aromatic N) is 2. The van der Waals surface area contributed by atoms with Crippen LogP contribution in [0, 0.1) is 0 Å². The van der Waals surface area contributed by atoms with Gasteiger partial charge in [0.1, 0.15) is 47.9 Å². The number of likely N-dealkylation sites (N-methyl/N-ethyl adjacent to an activating group) is 1. The van der Waals surface area contributed by atoms with Crippen molar-refractivity contribution in [2.45, 2.75) is 75.3 Å². The van der Waals surface area contributed by atoms with Crippen molar-refractivity contribution in [1.82, 2.24) is 46.0 Å². The summed E-state index contributed by atoms with van der Waals surface area (Å²) in [5, 5.41) is 54.0. The molecule has 2 aromatic carbocycles. The van der Waals surface area contributed by atoms with Crippen molar-refractivity contribution in [2.75, 3.05) is 13.6 Å². The lowest BCUT2D eigenvalue weighted by Crippen LogP contribution is -2.62. The third-order valence-electron chi connectivity index (χ3n) is 10.3. The number of aromatic hydroxyl groups is 1. The first-order valence-electron chi connectivity index (χ1n) is 19.4. The molecule has 1 unspecified atom stereocenters. The van der Waals surface area contributed by atoms with E-state index >= 15 is 0 Å². The zero-order chi connectivity index (χ0) is 46.1. The number of carboxylic acid groups (broad SMARTS) is 1. The first-order valence-corrected chi connectivity index (χ1v) is 19.4. The van der Waals surface area contributed by atoms with Gasteiger partial charge in [0.2, 0.25) is 29.9 Å². The van der Waals surface area contributed by atoms with Crippen LogP contribution in [0.4, 0.5) is 4.79 Å². The van der Waals surface area contributed by atoms with E-state index in [0.29, 0.717) is 11.1 Å². The molecular weight excluding hydrogens is 828 g/mol. The smallest absolute Gasteiger partial charge is 0.331 e. The number of aliphatic hydroxyl groups is 2. The number of fused-ring (bicyclic) bond motifs is 1. The number of ether oxygens (including phenoxy) is 1. The molecule has 13 N–H and O–H groups in total. The first kappa shape index (κ1) is 46.6. The van der Waals surface area contributed by atoms with Gasteiger partial charge < -0.3 is 67.4 Å². The highest BCUT2D eigenvalue weighted by molar-refractivity contribution is 5.94. The fraction of sp³-hybridized carbons (Fsp3) is 0.350. The number of nitrogens with two attached hydrogens (primary N) is 1. The lowest BCUT2D eigenvalue weighted by Gasteiger charge is -2.34. The van der Waals surface area contributed by atoms with Gasteiger partial charge >= 0.3 is 17.7 Å². The number of carbonyl (C=O) groups excluding carboxylic acids is 5. The second-order valence-corrected chi connectivity index (χ2v) is 14.7. The Morgan fingerprint density at radius 2 is 1.67 bits per heavy atom. The Hall–Kier alpha value is -7.50. The standard InChI is InChI=1S/C40H48N10O13/c1-19(44-39(61)46-27(38(59)60)15-22-17-42-25-10-5-4-9-24(22)25)34(56)48-31(20(2)49(3)36(58)26(45-30(53)16-41)14-21-7-6-8-23(51)13-21)35(57)43-18-28-32(54)33(55)37(63-28)50-12-11-29(52)47-40(50)62/h4-13,17-20,26-27,31-33,37,42,51,54-55H,14-16,41H2,1-3H3,(H,43,57)(H,45,53)(H,48,56)(H,59,60)(H2,44,46,61)(H,47,52,62)/b28-18-/t19-,20-,26+,27-,31+,32+,33+,37?/m0/s1. The van der Waals surface area contributed by atoms with Gasteiger partial charge in [-0.2, -0.15) is 0 Å². The number of benzene rings is 2. The third kappa shape index (κ3) is 11.5. The van der Waals surface area contributed by atoms with E-state index in [4.69, 9.17) is 10.5 Å². The van der Waals surface area contributed by atoms with Crippen LogP contribution in [0.2, 0.25) is 0 Å². The summed E-state index contributed by atoms with van der Waals surface area (Å²) in [6.45, 7) is 2.15. The largest absolute Gasteiger partial charge is 0.508 e.